The Labute approximate surface area is 56.4 Å². The molecule has 0 radical (unpaired) electrons. The molecule has 0 spiro atoms. The molecule has 0 rings (SSSR count). The molecule has 1 nitrogen and oxygen atoms in total. The smallest absolute Gasteiger partial charge is 0.0434 e. The van der Waals surface area contributed by atoms with E-state index in [0.29, 0.717) is 0 Å². The van der Waals surface area contributed by atoms with Crippen LogP contribution in [0.2, 0.25) is 0 Å². The Bertz CT molecular complexity index is 71.5. The summed E-state index contributed by atoms with van der Waals surface area (Å²) in [5.41, 5.74) is 4.72. The Morgan fingerprint density at radius 2 is 2.20 bits per heavy atom. The van der Waals surface area contributed by atoms with Gasteiger partial charge in [0.25, 0.3) is 0 Å². The summed E-state index contributed by atoms with van der Waals surface area (Å²) in [5, 5.41) is -2.14. The van der Waals surface area contributed by atoms with Crippen LogP contribution >= 0.6 is 32.9 Å². The molecule has 0 atom stereocenters. The van der Waals surface area contributed by atoms with Crippen LogP contribution in [0.4, 0.5) is 0 Å². The first-order chi connectivity index (χ1) is 3.25. The Morgan fingerprint density at radius 3 is 2.20 bits per heavy atom. The van der Waals surface area contributed by atoms with Gasteiger partial charge in [-0.15, -0.1) is 17.0 Å². The molecule has 3 heteroatoms. The predicted octanol–water partition coefficient (Wildman–Crippen LogP) is 0.918. The minimum atomic E-state index is -2.31. The fourth-order valence-corrected chi connectivity index (χ4v) is 0. The van der Waals surface area contributed by atoms with E-state index in [1.165, 1.54) is 0 Å². The molecule has 0 unspecified atom stereocenters. The van der Waals surface area contributed by atoms with Crippen LogP contribution in [0.25, 0.3) is 0 Å². The molecule has 2 N–H and O–H groups in total. The molecule has 0 saturated carbocycles. The SMILES string of the molecule is Br.[2H]C([2H])(N)C([2H])([2H])Br. The van der Waals surface area contributed by atoms with Crippen LogP contribution in [0.15, 0.2) is 0 Å². The van der Waals surface area contributed by atoms with E-state index >= 15 is 0 Å². The number of hydrogen-bond donors (Lipinski definition) is 1. The van der Waals surface area contributed by atoms with Gasteiger partial charge in [0.15, 0.2) is 0 Å². The molecule has 34 valence electrons. The number of nitrogens with two attached hydrogens (primary N) is 1. The number of hydrogen-bond acceptors (Lipinski definition) is 1. The van der Waals surface area contributed by atoms with Gasteiger partial charge in [-0.25, -0.2) is 0 Å². The average Bonchev–Trinajstić information content (AvgIpc) is 1.25. The molecule has 0 heterocycles. The lowest BCUT2D eigenvalue weighted by atomic mass is 10.8. The Hall–Kier alpha value is 0.920. The zero-order valence-electron chi connectivity index (χ0n) is 6.36. The molecular weight excluding hydrogens is 198 g/mol. The van der Waals surface area contributed by atoms with Gasteiger partial charge in [0.2, 0.25) is 0 Å². The summed E-state index contributed by atoms with van der Waals surface area (Å²) in [6, 6.07) is 0. The van der Waals surface area contributed by atoms with Gasteiger partial charge in [-0.05, 0) is 0 Å². The van der Waals surface area contributed by atoms with E-state index in [2.05, 4.69) is 15.9 Å². The van der Waals surface area contributed by atoms with Crippen molar-refractivity contribution >= 4 is 32.9 Å². The van der Waals surface area contributed by atoms with Crippen LogP contribution in [-0.2, 0) is 0 Å². The van der Waals surface area contributed by atoms with E-state index in [1.54, 1.807) is 0 Å². The third-order valence-electron chi connectivity index (χ3n) is 0.0546. The highest BCUT2D eigenvalue weighted by Crippen LogP contribution is 1.67. The second kappa shape index (κ2) is 8.87. The van der Waals surface area contributed by atoms with Gasteiger partial charge in [0.1, 0.15) is 0 Å². The third-order valence-corrected chi connectivity index (χ3v) is 0.283. The van der Waals surface area contributed by atoms with Crippen LogP contribution in [0.5, 0.6) is 0 Å². The number of alkyl halides is 1. The molecule has 0 saturated heterocycles. The van der Waals surface area contributed by atoms with E-state index in [-0.39, 0.29) is 17.0 Å². The zero-order chi connectivity index (χ0) is 7.00. The molecule has 0 bridgehead atoms. The van der Waals surface area contributed by atoms with E-state index in [9.17, 15) is 0 Å². The fourth-order valence-electron chi connectivity index (χ4n) is 0. The molecule has 0 aromatic rings. The van der Waals surface area contributed by atoms with E-state index in [1.807, 2.05) is 0 Å². The van der Waals surface area contributed by atoms with Gasteiger partial charge in [-0.2, -0.15) is 0 Å². The minimum absolute atomic E-state index is 0. The molecule has 0 aromatic heterocycles. The first-order valence-corrected chi connectivity index (χ1v) is 1.52. The third kappa shape index (κ3) is 11.4. The van der Waals surface area contributed by atoms with E-state index in [0.717, 1.165) is 0 Å². The lowest BCUT2D eigenvalue weighted by molar-refractivity contribution is 1.16. The first-order valence-electron chi connectivity index (χ1n) is 2.73. The number of halogens is 2. The summed E-state index contributed by atoms with van der Waals surface area (Å²) >= 11 is 2.43. The summed E-state index contributed by atoms with van der Waals surface area (Å²) in [5.74, 6) is 0. The second-order valence-corrected chi connectivity index (χ2v) is 0.635. The van der Waals surface area contributed by atoms with Crippen molar-refractivity contribution in [1.29, 1.82) is 0 Å². The van der Waals surface area contributed by atoms with Gasteiger partial charge >= 0.3 is 0 Å². The molecule has 0 fully saturated rings. The first kappa shape index (κ1) is 2.28. The van der Waals surface area contributed by atoms with Crippen LogP contribution in [0.3, 0.4) is 0 Å². The highest BCUT2D eigenvalue weighted by Gasteiger charge is 1.57. The van der Waals surface area contributed by atoms with Crippen molar-refractivity contribution in [2.75, 3.05) is 11.8 Å². The van der Waals surface area contributed by atoms with Crippen molar-refractivity contribution < 1.29 is 5.48 Å². The lowest BCUT2D eigenvalue weighted by Gasteiger charge is -1.68. The molecule has 0 aliphatic heterocycles. The normalized spacial score (nSPS) is 23.6. The van der Waals surface area contributed by atoms with Gasteiger partial charge in [0, 0.05) is 17.3 Å². The van der Waals surface area contributed by atoms with Crippen molar-refractivity contribution in [2.24, 2.45) is 5.73 Å². The summed E-state index contributed by atoms with van der Waals surface area (Å²) in [6.07, 6.45) is 0. The monoisotopic (exact) mass is 207 g/mol. The van der Waals surface area contributed by atoms with Gasteiger partial charge in [-0.1, -0.05) is 15.9 Å². The quantitative estimate of drug-likeness (QED) is 0.638. The standard InChI is InChI=1S/C2H6BrN.BrH/c3-1-2-4;/h1-2,4H2;1H/i1D2,2D2;. The summed E-state index contributed by atoms with van der Waals surface area (Å²) in [7, 11) is 0. The molecule has 0 aromatic carbocycles. The van der Waals surface area contributed by atoms with E-state index < -0.39 is 11.8 Å². The molecule has 0 aliphatic carbocycles. The molecular formula is C2H7Br2N. The topological polar surface area (TPSA) is 26.0 Å². The minimum Gasteiger partial charge on any atom is -0.330 e. The van der Waals surface area contributed by atoms with Gasteiger partial charge in [0.05, 0.1) is 0 Å². The van der Waals surface area contributed by atoms with Crippen LogP contribution in [-0.4, -0.2) is 11.8 Å². The van der Waals surface area contributed by atoms with Gasteiger partial charge < -0.3 is 5.73 Å². The Kier molecular flexibility index (Phi) is 4.05. The van der Waals surface area contributed by atoms with Crippen molar-refractivity contribution in [3.05, 3.63) is 0 Å². The highest BCUT2D eigenvalue weighted by atomic mass is 79.9. The maximum absolute atomic E-state index is 6.67. The maximum Gasteiger partial charge on any atom is 0.0434 e. The van der Waals surface area contributed by atoms with Crippen LogP contribution in [0.1, 0.15) is 5.48 Å². The summed E-state index contributed by atoms with van der Waals surface area (Å²) < 4.78 is 26.5. The van der Waals surface area contributed by atoms with Crippen molar-refractivity contribution in [3.63, 3.8) is 0 Å². The van der Waals surface area contributed by atoms with E-state index in [4.69, 9.17) is 11.2 Å². The Balaban J connectivity index is 0. The zero-order valence-corrected chi connectivity index (χ0v) is 5.66. The Morgan fingerprint density at radius 1 is 2.00 bits per heavy atom. The lowest BCUT2D eigenvalue weighted by Crippen LogP contribution is -1.97. The largest absolute Gasteiger partial charge is 0.330 e. The second-order valence-electron chi connectivity index (χ2n) is 0.239. The molecule has 0 amide bonds. The van der Waals surface area contributed by atoms with Crippen molar-refractivity contribution in [3.8, 4) is 0 Å². The predicted molar refractivity (Wildman–Crippen MR) is 33.2 cm³/mol. The summed E-state index contributed by atoms with van der Waals surface area (Å²) in [4.78, 5) is 0. The van der Waals surface area contributed by atoms with Crippen molar-refractivity contribution in [2.45, 2.75) is 0 Å². The van der Waals surface area contributed by atoms with Crippen molar-refractivity contribution in [1.82, 2.24) is 0 Å². The fraction of sp³-hybridized carbons (Fsp3) is 1.00. The van der Waals surface area contributed by atoms with Crippen LogP contribution < -0.4 is 5.73 Å². The average molecular weight is 209 g/mol. The van der Waals surface area contributed by atoms with Gasteiger partial charge in [-0.3, -0.25) is 0 Å². The molecule has 0 aliphatic rings. The summed E-state index contributed by atoms with van der Waals surface area (Å²) in [6.45, 7) is -2.31. The molecule has 5 heavy (non-hydrogen) atoms. The van der Waals surface area contributed by atoms with Crippen LogP contribution in [0, 0.1) is 0 Å². The number of rotatable bonds is 1. The maximum atomic E-state index is 6.67. The highest BCUT2D eigenvalue weighted by molar-refractivity contribution is 9.09.